The Morgan fingerprint density at radius 1 is 1.29 bits per heavy atom. The minimum atomic E-state index is 0.0488. The van der Waals surface area contributed by atoms with Gasteiger partial charge in [-0.3, -0.25) is 4.79 Å². The van der Waals surface area contributed by atoms with Crippen LogP contribution >= 0.6 is 0 Å². The van der Waals surface area contributed by atoms with Crippen molar-refractivity contribution in [1.82, 2.24) is 5.32 Å². The van der Waals surface area contributed by atoms with Crippen LogP contribution in [-0.2, 0) is 0 Å². The summed E-state index contributed by atoms with van der Waals surface area (Å²) < 4.78 is 0. The van der Waals surface area contributed by atoms with Crippen LogP contribution in [-0.4, -0.2) is 18.5 Å². The number of hydrogen-bond acceptors (Lipinski definition) is 2. The van der Waals surface area contributed by atoms with Crippen molar-refractivity contribution < 1.29 is 4.79 Å². The lowest BCUT2D eigenvalue weighted by molar-refractivity contribution is 0.0920. The van der Waals surface area contributed by atoms with Crippen LogP contribution in [0.1, 0.15) is 61.9 Å². The fraction of sp³-hybridized carbons (Fsp3) is 0.611. The molecule has 3 nitrogen and oxygen atoms in total. The summed E-state index contributed by atoms with van der Waals surface area (Å²) in [7, 11) is 0. The molecule has 1 aromatic carbocycles. The molecule has 116 valence electrons. The van der Waals surface area contributed by atoms with Crippen LogP contribution in [0.15, 0.2) is 18.2 Å². The third-order valence-corrected chi connectivity index (χ3v) is 4.50. The molecular weight excluding hydrogens is 260 g/mol. The number of carbonyl (C=O) groups is 1. The quantitative estimate of drug-likeness (QED) is 0.855. The first-order chi connectivity index (χ1) is 10.1. The lowest BCUT2D eigenvalue weighted by Crippen LogP contribution is -2.39. The molecule has 0 spiro atoms. The largest absolute Gasteiger partial charge is 0.385 e. The standard InChI is InChI=1S/C18H28N2O/c1-4-19-17-11-10-13(2)12-16(17)18(21)20-14(3)15-8-6-5-7-9-15/h10-12,14-15,19H,4-9H2,1-3H3,(H,20,21). The molecule has 0 radical (unpaired) electrons. The minimum absolute atomic E-state index is 0.0488. The molecule has 2 rings (SSSR count). The topological polar surface area (TPSA) is 41.1 Å². The molecule has 0 aliphatic heterocycles. The average Bonchev–Trinajstić information content (AvgIpc) is 2.50. The molecule has 21 heavy (non-hydrogen) atoms. The van der Waals surface area contributed by atoms with Crippen LogP contribution in [0, 0.1) is 12.8 Å². The fourth-order valence-corrected chi connectivity index (χ4v) is 3.23. The number of amides is 1. The first-order valence-electron chi connectivity index (χ1n) is 8.27. The molecule has 1 unspecified atom stereocenters. The zero-order chi connectivity index (χ0) is 15.2. The normalized spacial score (nSPS) is 17.3. The molecule has 2 N–H and O–H groups in total. The van der Waals surface area contributed by atoms with Gasteiger partial charge in [-0.15, -0.1) is 0 Å². The van der Waals surface area contributed by atoms with Crippen molar-refractivity contribution in [1.29, 1.82) is 0 Å². The molecule has 1 atom stereocenters. The van der Waals surface area contributed by atoms with Gasteiger partial charge in [0.1, 0.15) is 0 Å². The van der Waals surface area contributed by atoms with Crippen LogP contribution in [0.3, 0.4) is 0 Å². The van der Waals surface area contributed by atoms with E-state index in [2.05, 4.69) is 17.6 Å². The van der Waals surface area contributed by atoms with Crippen LogP contribution in [0.5, 0.6) is 0 Å². The monoisotopic (exact) mass is 288 g/mol. The summed E-state index contributed by atoms with van der Waals surface area (Å²) >= 11 is 0. The van der Waals surface area contributed by atoms with Crippen molar-refractivity contribution in [3.63, 3.8) is 0 Å². The van der Waals surface area contributed by atoms with Crippen LogP contribution in [0.4, 0.5) is 5.69 Å². The molecule has 1 aliphatic rings. The lowest BCUT2D eigenvalue weighted by Gasteiger charge is -2.28. The van der Waals surface area contributed by atoms with Crippen molar-refractivity contribution in [2.75, 3.05) is 11.9 Å². The van der Waals surface area contributed by atoms with E-state index in [0.29, 0.717) is 5.92 Å². The molecule has 1 fully saturated rings. The van der Waals surface area contributed by atoms with Gasteiger partial charge in [-0.1, -0.05) is 30.9 Å². The van der Waals surface area contributed by atoms with Crippen LogP contribution in [0.25, 0.3) is 0 Å². The SMILES string of the molecule is CCNc1ccc(C)cc1C(=O)NC(C)C1CCCCC1. The highest BCUT2D eigenvalue weighted by atomic mass is 16.1. The Morgan fingerprint density at radius 2 is 2.00 bits per heavy atom. The Labute approximate surface area is 128 Å². The predicted molar refractivity (Wildman–Crippen MR) is 88.8 cm³/mol. The van der Waals surface area contributed by atoms with E-state index in [-0.39, 0.29) is 11.9 Å². The third kappa shape index (κ3) is 4.23. The molecule has 1 aliphatic carbocycles. The highest BCUT2D eigenvalue weighted by molar-refractivity contribution is 6.00. The second-order valence-corrected chi connectivity index (χ2v) is 6.24. The van der Waals surface area contributed by atoms with Crippen molar-refractivity contribution in [2.45, 2.75) is 58.9 Å². The van der Waals surface area contributed by atoms with Gasteiger partial charge in [0.2, 0.25) is 0 Å². The maximum atomic E-state index is 12.6. The molecule has 1 amide bonds. The molecule has 0 bridgehead atoms. The van der Waals surface area contributed by atoms with Crippen LogP contribution < -0.4 is 10.6 Å². The minimum Gasteiger partial charge on any atom is -0.385 e. The summed E-state index contributed by atoms with van der Waals surface area (Å²) in [4.78, 5) is 12.6. The third-order valence-electron chi connectivity index (χ3n) is 4.50. The Bertz CT molecular complexity index is 478. The van der Waals surface area contributed by atoms with E-state index in [1.165, 1.54) is 32.1 Å². The first kappa shape index (κ1) is 15.9. The number of benzene rings is 1. The van der Waals surface area contributed by atoms with E-state index in [4.69, 9.17) is 0 Å². The summed E-state index contributed by atoms with van der Waals surface area (Å²) in [6.07, 6.45) is 6.44. The van der Waals surface area contributed by atoms with Crippen molar-refractivity contribution in [3.05, 3.63) is 29.3 Å². The van der Waals surface area contributed by atoms with Crippen molar-refractivity contribution >= 4 is 11.6 Å². The van der Waals surface area contributed by atoms with Crippen molar-refractivity contribution in [2.24, 2.45) is 5.92 Å². The van der Waals surface area contributed by atoms with Gasteiger partial charge >= 0.3 is 0 Å². The summed E-state index contributed by atoms with van der Waals surface area (Å²) in [5.74, 6) is 0.683. The summed E-state index contributed by atoms with van der Waals surface area (Å²) in [5, 5.41) is 6.49. The van der Waals surface area contributed by atoms with Gasteiger partial charge in [-0.25, -0.2) is 0 Å². The zero-order valence-electron chi connectivity index (χ0n) is 13.5. The number of aryl methyl sites for hydroxylation is 1. The van der Waals surface area contributed by atoms with Gasteiger partial charge in [0, 0.05) is 18.3 Å². The molecule has 0 heterocycles. The number of hydrogen-bond donors (Lipinski definition) is 2. The van der Waals surface area contributed by atoms with E-state index in [1.54, 1.807) is 0 Å². The number of rotatable bonds is 5. The second kappa shape index (κ2) is 7.48. The summed E-state index contributed by atoms with van der Waals surface area (Å²) in [6.45, 7) is 7.04. The average molecular weight is 288 g/mol. The first-order valence-corrected chi connectivity index (χ1v) is 8.27. The van der Waals surface area contributed by atoms with E-state index < -0.39 is 0 Å². The predicted octanol–water partition coefficient (Wildman–Crippen LogP) is 4.13. The lowest BCUT2D eigenvalue weighted by atomic mass is 9.84. The Kier molecular flexibility index (Phi) is 5.66. The summed E-state index contributed by atoms with van der Waals surface area (Å²) in [5.41, 5.74) is 2.81. The molecule has 1 saturated carbocycles. The highest BCUT2D eigenvalue weighted by Gasteiger charge is 2.22. The maximum absolute atomic E-state index is 12.6. The molecular formula is C18H28N2O. The molecule has 0 saturated heterocycles. The van der Waals surface area contributed by atoms with Gasteiger partial charge < -0.3 is 10.6 Å². The van der Waals surface area contributed by atoms with Gasteiger partial charge in [0.05, 0.1) is 5.56 Å². The van der Waals surface area contributed by atoms with E-state index in [9.17, 15) is 4.79 Å². The number of nitrogens with one attached hydrogen (secondary N) is 2. The molecule has 1 aromatic rings. The van der Waals surface area contributed by atoms with E-state index in [0.717, 1.165) is 23.4 Å². The molecule has 3 heteroatoms. The van der Waals surface area contributed by atoms with E-state index >= 15 is 0 Å². The maximum Gasteiger partial charge on any atom is 0.253 e. The van der Waals surface area contributed by atoms with Gasteiger partial charge in [0.15, 0.2) is 0 Å². The van der Waals surface area contributed by atoms with Gasteiger partial charge in [0.25, 0.3) is 5.91 Å². The smallest absolute Gasteiger partial charge is 0.253 e. The Morgan fingerprint density at radius 3 is 2.67 bits per heavy atom. The van der Waals surface area contributed by atoms with Crippen LogP contribution in [0.2, 0.25) is 0 Å². The van der Waals surface area contributed by atoms with Crippen molar-refractivity contribution in [3.8, 4) is 0 Å². The molecule has 0 aromatic heterocycles. The number of anilines is 1. The fourth-order valence-electron chi connectivity index (χ4n) is 3.23. The van der Waals surface area contributed by atoms with E-state index in [1.807, 2.05) is 32.0 Å². The zero-order valence-corrected chi connectivity index (χ0v) is 13.5. The van der Waals surface area contributed by atoms with Gasteiger partial charge in [-0.05, 0) is 51.7 Å². The van der Waals surface area contributed by atoms with Gasteiger partial charge in [-0.2, -0.15) is 0 Å². The summed E-state index contributed by atoms with van der Waals surface area (Å²) in [6, 6.07) is 6.27. The Hall–Kier alpha value is -1.51. The second-order valence-electron chi connectivity index (χ2n) is 6.24. The number of carbonyl (C=O) groups excluding carboxylic acids is 1. The Balaban J connectivity index is 2.06. The highest BCUT2D eigenvalue weighted by Crippen LogP contribution is 2.27.